The van der Waals surface area contributed by atoms with Crippen LogP contribution >= 0.6 is 7.60 Å². The Kier molecular flexibility index (Phi) is 6.21. The molecule has 0 fully saturated rings. The summed E-state index contributed by atoms with van der Waals surface area (Å²) in [6.07, 6.45) is 0.344. The summed E-state index contributed by atoms with van der Waals surface area (Å²) in [6.45, 7) is 2.73. The first kappa shape index (κ1) is 19.5. The van der Waals surface area contributed by atoms with Crippen molar-refractivity contribution < 1.29 is 37.4 Å². The number of nitrogens with zero attached hydrogens (tertiary/aromatic N) is 1. The summed E-state index contributed by atoms with van der Waals surface area (Å²) in [6, 6.07) is 0. The number of alkyl halides is 2. The van der Waals surface area contributed by atoms with Gasteiger partial charge in [-0.25, -0.2) is 4.57 Å². The van der Waals surface area contributed by atoms with E-state index in [-0.39, 0.29) is 11.3 Å². The number of aliphatic hydroxyl groups is 1. The average Bonchev–Trinajstić information content (AvgIpc) is 2.50. The Bertz CT molecular complexity index is 637. The quantitative estimate of drug-likeness (QED) is 0.692. The van der Waals surface area contributed by atoms with Crippen molar-refractivity contribution in [3.8, 4) is 11.5 Å². The largest absolute Gasteiger partial charge is 0.506 e. The molecule has 0 aromatic carbocycles. The second-order valence-corrected chi connectivity index (χ2v) is 6.52. The molecule has 1 unspecified atom stereocenters. The minimum Gasteiger partial charge on any atom is -0.506 e. The van der Waals surface area contributed by atoms with E-state index in [0.29, 0.717) is 0 Å². The highest BCUT2D eigenvalue weighted by molar-refractivity contribution is 7.56. The molecule has 10 heteroatoms. The number of aromatic hydroxyl groups is 1. The standard InChI is InChI=1S/C13H18F2NO6P/c1-4-11(18)13(14,15)23(20,21-5-2)22-10-6-16-8(3)12(19)9(10)7-17/h6,17,19H,4-5,7H2,1-3H3. The van der Waals surface area contributed by atoms with Crippen LogP contribution in [0.15, 0.2) is 6.20 Å². The number of ketones is 1. The molecular weight excluding hydrogens is 335 g/mol. The molecule has 7 nitrogen and oxygen atoms in total. The van der Waals surface area contributed by atoms with Crippen LogP contribution < -0.4 is 4.52 Å². The number of hydrogen-bond acceptors (Lipinski definition) is 7. The SMILES string of the molecule is CCOP(=O)(Oc1cnc(C)c(O)c1CO)C(F)(F)C(=O)CC. The number of pyridine rings is 1. The molecule has 0 aliphatic rings. The summed E-state index contributed by atoms with van der Waals surface area (Å²) in [5.74, 6) is -2.64. The number of aliphatic hydroxyl groups excluding tert-OH is 1. The van der Waals surface area contributed by atoms with Gasteiger partial charge in [-0.1, -0.05) is 6.92 Å². The lowest BCUT2D eigenvalue weighted by Gasteiger charge is -2.26. The van der Waals surface area contributed by atoms with Crippen LogP contribution in [0.4, 0.5) is 8.78 Å². The fourth-order valence-corrected chi connectivity index (χ4v) is 3.24. The van der Waals surface area contributed by atoms with E-state index in [0.717, 1.165) is 6.20 Å². The summed E-state index contributed by atoms with van der Waals surface area (Å²) in [5, 5.41) is 19.0. The van der Waals surface area contributed by atoms with Crippen LogP contribution in [0.5, 0.6) is 11.5 Å². The molecule has 1 heterocycles. The lowest BCUT2D eigenvalue weighted by molar-refractivity contribution is -0.134. The van der Waals surface area contributed by atoms with Crippen LogP contribution in [-0.2, 0) is 20.5 Å². The third kappa shape index (κ3) is 3.68. The minimum absolute atomic E-state index is 0.115. The highest BCUT2D eigenvalue weighted by Crippen LogP contribution is 2.62. The van der Waals surface area contributed by atoms with Gasteiger partial charge in [-0.15, -0.1) is 0 Å². The van der Waals surface area contributed by atoms with E-state index in [2.05, 4.69) is 9.51 Å². The number of Topliss-reactive ketones (excluding diaryl/α,β-unsaturated/α-hetero) is 1. The molecule has 0 aliphatic heterocycles. The predicted molar refractivity (Wildman–Crippen MR) is 76.7 cm³/mol. The van der Waals surface area contributed by atoms with Gasteiger partial charge in [0.1, 0.15) is 5.75 Å². The van der Waals surface area contributed by atoms with Crippen molar-refractivity contribution in [2.75, 3.05) is 6.61 Å². The summed E-state index contributed by atoms with van der Waals surface area (Å²) in [5.41, 5.74) is -4.54. The van der Waals surface area contributed by atoms with Crippen molar-refractivity contribution in [3.05, 3.63) is 17.5 Å². The summed E-state index contributed by atoms with van der Waals surface area (Å²) >= 11 is 0. The highest BCUT2D eigenvalue weighted by Gasteiger charge is 2.60. The third-order valence-electron chi connectivity index (χ3n) is 2.98. The molecule has 1 aromatic rings. The number of hydrogen-bond donors (Lipinski definition) is 2. The first-order valence-corrected chi connectivity index (χ1v) is 8.32. The van der Waals surface area contributed by atoms with Crippen molar-refractivity contribution in [2.45, 2.75) is 39.5 Å². The van der Waals surface area contributed by atoms with Crippen LogP contribution in [-0.4, -0.2) is 33.3 Å². The maximum Gasteiger partial charge on any atom is 0.456 e. The molecule has 0 saturated carbocycles. The van der Waals surface area contributed by atoms with E-state index in [9.17, 15) is 28.4 Å². The first-order chi connectivity index (χ1) is 10.6. The van der Waals surface area contributed by atoms with Gasteiger partial charge in [0, 0.05) is 6.42 Å². The Morgan fingerprint density at radius 2 is 2.04 bits per heavy atom. The predicted octanol–water partition coefficient (Wildman–Crippen LogP) is 2.77. The van der Waals surface area contributed by atoms with Crippen molar-refractivity contribution in [1.82, 2.24) is 4.98 Å². The number of aryl methyl sites for hydroxylation is 1. The van der Waals surface area contributed by atoms with Gasteiger partial charge in [0.05, 0.1) is 30.7 Å². The lowest BCUT2D eigenvalue weighted by Crippen LogP contribution is -2.31. The zero-order valence-electron chi connectivity index (χ0n) is 12.9. The smallest absolute Gasteiger partial charge is 0.456 e. The second-order valence-electron chi connectivity index (χ2n) is 4.52. The highest BCUT2D eigenvalue weighted by atomic mass is 31.2. The zero-order chi connectivity index (χ0) is 17.8. The molecule has 1 aromatic heterocycles. The van der Waals surface area contributed by atoms with Gasteiger partial charge < -0.3 is 14.7 Å². The molecule has 0 bridgehead atoms. The topological polar surface area (TPSA) is 106 Å². The van der Waals surface area contributed by atoms with E-state index < -0.39 is 50.2 Å². The molecule has 0 aliphatic carbocycles. The van der Waals surface area contributed by atoms with Crippen LogP contribution in [0.3, 0.4) is 0 Å². The van der Waals surface area contributed by atoms with Crippen molar-refractivity contribution in [2.24, 2.45) is 0 Å². The Morgan fingerprint density at radius 3 is 2.52 bits per heavy atom. The fourth-order valence-electron chi connectivity index (χ4n) is 1.69. The molecule has 0 saturated heterocycles. The van der Waals surface area contributed by atoms with E-state index in [1.165, 1.54) is 20.8 Å². The Morgan fingerprint density at radius 1 is 1.43 bits per heavy atom. The van der Waals surface area contributed by atoms with Crippen LogP contribution in [0.2, 0.25) is 0 Å². The number of aromatic nitrogens is 1. The summed E-state index contributed by atoms with van der Waals surface area (Å²) in [7, 11) is -5.24. The molecule has 0 spiro atoms. The molecule has 130 valence electrons. The van der Waals surface area contributed by atoms with Gasteiger partial charge in [-0.2, -0.15) is 8.78 Å². The normalized spacial score (nSPS) is 14.3. The van der Waals surface area contributed by atoms with Crippen LogP contribution in [0.25, 0.3) is 0 Å². The van der Waals surface area contributed by atoms with E-state index in [1.807, 2.05) is 0 Å². The number of halogens is 2. The van der Waals surface area contributed by atoms with E-state index in [4.69, 9.17) is 4.52 Å². The van der Waals surface area contributed by atoms with Crippen LogP contribution in [0, 0.1) is 6.92 Å². The fraction of sp³-hybridized carbons (Fsp3) is 0.538. The number of carbonyl (C=O) groups is 1. The Hall–Kier alpha value is -1.57. The molecule has 0 amide bonds. The molecular formula is C13H18F2NO6P. The molecule has 1 atom stereocenters. The number of carbonyl (C=O) groups excluding carboxylic acids is 1. The van der Waals surface area contributed by atoms with Gasteiger partial charge in [0.25, 0.3) is 0 Å². The van der Waals surface area contributed by atoms with E-state index in [1.54, 1.807) is 0 Å². The Labute approximate surface area is 131 Å². The monoisotopic (exact) mass is 353 g/mol. The maximum absolute atomic E-state index is 14.1. The third-order valence-corrected chi connectivity index (χ3v) is 4.95. The molecule has 0 radical (unpaired) electrons. The first-order valence-electron chi connectivity index (χ1n) is 6.78. The van der Waals surface area contributed by atoms with Gasteiger partial charge in [-0.05, 0) is 13.8 Å². The molecule has 23 heavy (non-hydrogen) atoms. The van der Waals surface area contributed by atoms with Crippen molar-refractivity contribution in [1.29, 1.82) is 0 Å². The Balaban J connectivity index is 3.37. The van der Waals surface area contributed by atoms with Gasteiger partial charge in [-0.3, -0.25) is 14.3 Å². The van der Waals surface area contributed by atoms with Crippen molar-refractivity contribution >= 4 is 13.4 Å². The van der Waals surface area contributed by atoms with Gasteiger partial charge >= 0.3 is 13.3 Å². The average molecular weight is 353 g/mol. The summed E-state index contributed by atoms with van der Waals surface area (Å²) < 4.78 is 50.1. The van der Waals surface area contributed by atoms with Gasteiger partial charge in [0.15, 0.2) is 5.75 Å². The lowest BCUT2D eigenvalue weighted by atomic mass is 10.2. The van der Waals surface area contributed by atoms with Crippen LogP contribution in [0.1, 0.15) is 31.5 Å². The minimum atomic E-state index is -5.24. The van der Waals surface area contributed by atoms with E-state index >= 15 is 0 Å². The second kappa shape index (κ2) is 7.33. The summed E-state index contributed by atoms with van der Waals surface area (Å²) in [4.78, 5) is 15.1. The number of rotatable bonds is 8. The van der Waals surface area contributed by atoms with Crippen molar-refractivity contribution in [3.63, 3.8) is 0 Å². The zero-order valence-corrected chi connectivity index (χ0v) is 13.8. The molecule has 2 N–H and O–H groups in total. The van der Waals surface area contributed by atoms with Gasteiger partial charge in [0.2, 0.25) is 5.78 Å². The molecule has 1 rings (SSSR count). The maximum atomic E-state index is 14.1.